The average molecular weight is 443 g/mol. The predicted molar refractivity (Wildman–Crippen MR) is 133 cm³/mol. The third-order valence-corrected chi connectivity index (χ3v) is 5.17. The zero-order valence-electron chi connectivity index (χ0n) is 18.7. The first kappa shape index (κ1) is 30.7. The van der Waals surface area contributed by atoms with Crippen molar-refractivity contribution in [2.24, 2.45) is 17.6 Å². The lowest BCUT2D eigenvalue weighted by Crippen LogP contribution is -2.28. The van der Waals surface area contributed by atoms with Gasteiger partial charge < -0.3 is 32.8 Å². The van der Waals surface area contributed by atoms with E-state index in [1.165, 1.54) is 31.2 Å². The summed E-state index contributed by atoms with van der Waals surface area (Å²) in [4.78, 5) is 15.7. The quantitative estimate of drug-likeness (QED) is 0.646. The van der Waals surface area contributed by atoms with E-state index in [2.05, 4.69) is 29.5 Å². The van der Waals surface area contributed by atoms with Crippen molar-refractivity contribution in [3.8, 4) is 0 Å². The molecule has 2 aromatic rings. The van der Waals surface area contributed by atoms with Crippen LogP contribution in [-0.2, 0) is 13.0 Å². The number of nitrogens with zero attached hydrogens (tertiary/aromatic N) is 1. The molecule has 1 aliphatic rings. The predicted octanol–water partition coefficient (Wildman–Crippen LogP) is 3.00. The maximum atomic E-state index is 11.7. The molecule has 31 heavy (non-hydrogen) atoms. The molecule has 0 saturated heterocycles. The van der Waals surface area contributed by atoms with Gasteiger partial charge in [-0.25, -0.2) is 4.79 Å². The minimum atomic E-state index is -0.215. The Kier molecular flexibility index (Phi) is 17.0. The molecule has 0 spiro atoms. The second kappa shape index (κ2) is 17.2. The van der Waals surface area contributed by atoms with Crippen LogP contribution in [0.15, 0.2) is 48.8 Å². The van der Waals surface area contributed by atoms with Gasteiger partial charge in [0.25, 0.3) is 0 Å². The van der Waals surface area contributed by atoms with Crippen LogP contribution < -0.4 is 16.4 Å². The molecule has 0 radical (unpaired) electrons. The van der Waals surface area contributed by atoms with E-state index in [0.717, 1.165) is 36.1 Å². The Bertz CT molecular complexity index is 713. The van der Waals surface area contributed by atoms with Gasteiger partial charge in [0.15, 0.2) is 0 Å². The number of hydrogen-bond acceptors (Lipinski definition) is 3. The van der Waals surface area contributed by atoms with Crippen molar-refractivity contribution in [1.82, 2.24) is 10.3 Å². The lowest BCUT2D eigenvalue weighted by molar-refractivity contribution is 0.251. The number of anilines is 1. The zero-order valence-corrected chi connectivity index (χ0v) is 18.7. The van der Waals surface area contributed by atoms with Crippen LogP contribution in [0.5, 0.6) is 0 Å². The number of hydrogen-bond donors (Lipinski definition) is 3. The molecule has 1 saturated carbocycles. The first-order valence-corrected chi connectivity index (χ1v) is 10.3. The van der Waals surface area contributed by atoms with E-state index in [-0.39, 0.29) is 26.7 Å². The van der Waals surface area contributed by atoms with E-state index in [9.17, 15) is 4.79 Å². The van der Waals surface area contributed by atoms with Gasteiger partial charge in [0.05, 0.1) is 0 Å². The smallest absolute Gasteiger partial charge is 0.319 e. The first-order valence-electron chi connectivity index (χ1n) is 10.3. The van der Waals surface area contributed by atoms with E-state index in [4.69, 9.17) is 5.73 Å². The minimum absolute atomic E-state index is 0. The fourth-order valence-electron chi connectivity index (χ4n) is 3.46. The minimum Gasteiger partial charge on any atom is -0.412 e. The van der Waals surface area contributed by atoms with Gasteiger partial charge in [0, 0.05) is 28.9 Å². The van der Waals surface area contributed by atoms with Crippen LogP contribution in [0.3, 0.4) is 0 Å². The monoisotopic (exact) mass is 442 g/mol. The molecule has 2 atom stereocenters. The fourth-order valence-corrected chi connectivity index (χ4v) is 3.46. The lowest BCUT2D eigenvalue weighted by Gasteiger charge is -2.25. The summed E-state index contributed by atoms with van der Waals surface area (Å²) in [7, 11) is 0. The summed E-state index contributed by atoms with van der Waals surface area (Å²) >= 11 is 0. The maximum Gasteiger partial charge on any atom is 0.319 e. The van der Waals surface area contributed by atoms with E-state index in [0.29, 0.717) is 6.54 Å². The summed E-state index contributed by atoms with van der Waals surface area (Å²) < 4.78 is 0. The van der Waals surface area contributed by atoms with Crippen molar-refractivity contribution in [3.63, 3.8) is 0 Å². The summed E-state index contributed by atoms with van der Waals surface area (Å²) in [5.74, 6) is 1.78. The standard InChI is InChI=1S/C15H17N3O.C8H17N.3H2O.3H2/c1-2-12-5-7-14(8-6-12)18-15(19)17-11-13-4-3-9-16-10-13;1-7-3-2-4-8(5-7)6-9;;;;;;/h3-10H,2,11H2,1H3,(H2,17,18,19);7-8H,2-6,9H2,1H3;3*1H2;3*1H. The van der Waals surface area contributed by atoms with Crippen LogP contribution in [0, 0.1) is 11.8 Å². The number of benzene rings is 1. The van der Waals surface area contributed by atoms with Crippen molar-refractivity contribution in [2.75, 3.05) is 11.9 Å². The lowest BCUT2D eigenvalue weighted by atomic mass is 9.83. The van der Waals surface area contributed by atoms with Crippen LogP contribution in [0.1, 0.15) is 54.9 Å². The van der Waals surface area contributed by atoms with Gasteiger partial charge >= 0.3 is 6.03 Å². The average Bonchev–Trinajstić information content (AvgIpc) is 2.74. The van der Waals surface area contributed by atoms with Gasteiger partial charge in [-0.05, 0) is 67.0 Å². The number of carbonyl (C=O) groups is 1. The van der Waals surface area contributed by atoms with Gasteiger partial charge in [-0.2, -0.15) is 0 Å². The summed E-state index contributed by atoms with van der Waals surface area (Å²) in [6, 6.07) is 11.4. The van der Waals surface area contributed by atoms with E-state index in [1.807, 2.05) is 36.4 Å². The summed E-state index contributed by atoms with van der Waals surface area (Å²) in [5.41, 5.74) is 8.58. The molecule has 1 fully saturated rings. The van der Waals surface area contributed by atoms with Crippen molar-refractivity contribution >= 4 is 11.7 Å². The molecule has 0 aliphatic heterocycles. The van der Waals surface area contributed by atoms with E-state index in [1.54, 1.807) is 12.4 Å². The molecule has 1 aromatic carbocycles. The number of aryl methyl sites for hydroxylation is 1. The number of urea groups is 1. The Morgan fingerprint density at radius 2 is 1.84 bits per heavy atom. The van der Waals surface area contributed by atoms with Gasteiger partial charge in [0.2, 0.25) is 0 Å². The highest BCUT2D eigenvalue weighted by Crippen LogP contribution is 2.27. The highest BCUT2D eigenvalue weighted by Gasteiger charge is 2.16. The molecular weight excluding hydrogens is 396 g/mol. The highest BCUT2D eigenvalue weighted by atomic mass is 16.2. The molecular formula is C23H46N4O4. The largest absolute Gasteiger partial charge is 0.412 e. The van der Waals surface area contributed by atoms with Crippen LogP contribution in [-0.4, -0.2) is 34.0 Å². The van der Waals surface area contributed by atoms with Crippen LogP contribution >= 0.6 is 0 Å². The molecule has 2 amide bonds. The summed E-state index contributed by atoms with van der Waals surface area (Å²) in [6.07, 6.45) is 10.0. The summed E-state index contributed by atoms with van der Waals surface area (Å²) in [6.45, 7) is 5.81. The third-order valence-electron chi connectivity index (χ3n) is 5.17. The molecule has 10 N–H and O–H groups in total. The van der Waals surface area contributed by atoms with Crippen molar-refractivity contribution in [3.05, 3.63) is 59.9 Å². The zero-order chi connectivity index (χ0) is 20.2. The number of aromatic nitrogens is 1. The normalized spacial score (nSPS) is 16.7. The highest BCUT2D eigenvalue weighted by molar-refractivity contribution is 5.89. The molecule has 1 heterocycles. The van der Waals surface area contributed by atoms with Crippen LogP contribution in [0.25, 0.3) is 0 Å². The number of pyridine rings is 1. The molecule has 1 aliphatic carbocycles. The molecule has 8 nitrogen and oxygen atoms in total. The van der Waals surface area contributed by atoms with E-state index >= 15 is 0 Å². The summed E-state index contributed by atoms with van der Waals surface area (Å²) in [5, 5.41) is 5.58. The molecule has 3 rings (SSSR count). The Hall–Kier alpha value is -2.52. The molecule has 1 aromatic heterocycles. The first-order chi connectivity index (χ1) is 13.6. The van der Waals surface area contributed by atoms with Gasteiger partial charge in [-0.3, -0.25) is 4.98 Å². The Balaban J connectivity index is -0.000000164. The molecule has 8 heteroatoms. The second-order valence-electron chi connectivity index (χ2n) is 7.59. The molecule has 2 unspecified atom stereocenters. The Labute approximate surface area is 190 Å². The molecule has 0 bridgehead atoms. The number of nitrogens with two attached hydrogens (primary N) is 1. The number of amides is 2. The number of rotatable bonds is 5. The maximum absolute atomic E-state index is 11.7. The van der Waals surface area contributed by atoms with Crippen molar-refractivity contribution in [1.29, 1.82) is 0 Å². The fraction of sp³-hybridized carbons (Fsp3) is 0.478. The van der Waals surface area contributed by atoms with Crippen LogP contribution in [0.4, 0.5) is 10.5 Å². The third kappa shape index (κ3) is 12.0. The van der Waals surface area contributed by atoms with Crippen LogP contribution in [0.2, 0.25) is 0 Å². The number of nitrogens with one attached hydrogen (secondary N) is 2. The second-order valence-corrected chi connectivity index (χ2v) is 7.59. The Morgan fingerprint density at radius 1 is 1.13 bits per heavy atom. The van der Waals surface area contributed by atoms with Crippen molar-refractivity contribution < 1.29 is 25.5 Å². The van der Waals surface area contributed by atoms with Crippen molar-refractivity contribution in [2.45, 2.75) is 52.5 Å². The number of carbonyl (C=O) groups excluding carboxylic acids is 1. The SMILES string of the molecule is CC1CCCC(CN)C1.CCc1ccc(NC(=O)NCc2cccnc2)cc1.O.O.O.[HH].[HH].[HH]. The van der Waals surface area contributed by atoms with Gasteiger partial charge in [0.1, 0.15) is 0 Å². The van der Waals surface area contributed by atoms with Gasteiger partial charge in [-0.15, -0.1) is 0 Å². The Morgan fingerprint density at radius 3 is 2.35 bits per heavy atom. The van der Waals surface area contributed by atoms with E-state index < -0.39 is 0 Å². The van der Waals surface area contributed by atoms with Gasteiger partial charge in [-0.1, -0.05) is 44.9 Å². The topological polar surface area (TPSA) is 175 Å². The molecule has 182 valence electrons.